The van der Waals surface area contributed by atoms with Gasteiger partial charge in [0, 0.05) is 4.90 Å². The maximum atomic E-state index is 9.45. The highest BCUT2D eigenvalue weighted by atomic mass is 32.2. The number of benzene rings is 1. The molecule has 1 aromatic rings. The van der Waals surface area contributed by atoms with Gasteiger partial charge in [-0.25, -0.2) is 0 Å². The van der Waals surface area contributed by atoms with E-state index in [-0.39, 0.29) is 0 Å². The van der Waals surface area contributed by atoms with Crippen molar-refractivity contribution in [3.8, 4) is 0 Å². The van der Waals surface area contributed by atoms with Crippen LogP contribution in [0.1, 0.15) is 20.3 Å². The maximum Gasteiger partial charge on any atom is 0.0626 e. The van der Waals surface area contributed by atoms with E-state index in [1.807, 2.05) is 43.5 Å². The quantitative estimate of drug-likeness (QED) is 0.765. The minimum atomic E-state index is -0.603. The van der Waals surface area contributed by atoms with Crippen LogP contribution in [-0.2, 0) is 0 Å². The highest BCUT2D eigenvalue weighted by molar-refractivity contribution is 8.02. The normalized spacial score (nSPS) is 12.2. The first-order chi connectivity index (χ1) is 6.58. The molecule has 0 saturated carbocycles. The van der Waals surface area contributed by atoms with E-state index in [0.717, 1.165) is 0 Å². The first kappa shape index (κ1) is 11.3. The molecule has 76 valence electrons. The van der Waals surface area contributed by atoms with Gasteiger partial charge in [-0.2, -0.15) is 0 Å². The Bertz CT molecular complexity index is 285. The predicted octanol–water partition coefficient (Wildman–Crippen LogP) is 3.45. The zero-order valence-corrected chi connectivity index (χ0v) is 9.42. The lowest BCUT2D eigenvalue weighted by Gasteiger charge is -2.13. The maximum absolute atomic E-state index is 9.45. The molecule has 1 aromatic carbocycles. The van der Waals surface area contributed by atoms with Gasteiger partial charge in [0.2, 0.25) is 0 Å². The average Bonchev–Trinajstić information content (AvgIpc) is 2.13. The summed E-state index contributed by atoms with van der Waals surface area (Å²) in [5, 5.41) is 11.5. The van der Waals surface area contributed by atoms with E-state index in [4.69, 9.17) is 0 Å². The fourth-order valence-electron chi connectivity index (χ4n) is 0.962. The van der Waals surface area contributed by atoms with E-state index in [0.29, 0.717) is 6.42 Å². The number of hydrogen-bond donors (Lipinski definition) is 1. The van der Waals surface area contributed by atoms with Crippen LogP contribution in [0.15, 0.2) is 46.7 Å². The van der Waals surface area contributed by atoms with Crippen LogP contribution in [0.4, 0.5) is 0 Å². The van der Waals surface area contributed by atoms with Gasteiger partial charge in [-0.1, -0.05) is 36.0 Å². The van der Waals surface area contributed by atoms with Crippen LogP contribution in [0.25, 0.3) is 0 Å². The molecule has 0 atom stereocenters. The van der Waals surface area contributed by atoms with Crippen LogP contribution >= 0.6 is 11.8 Å². The summed E-state index contributed by atoms with van der Waals surface area (Å²) in [5.41, 5.74) is -0.603. The molecule has 0 amide bonds. The number of thioether (sulfide) groups is 1. The molecule has 14 heavy (non-hydrogen) atoms. The molecule has 0 radical (unpaired) electrons. The Hall–Kier alpha value is -0.730. The molecule has 1 rings (SSSR count). The van der Waals surface area contributed by atoms with Gasteiger partial charge < -0.3 is 5.11 Å². The second-order valence-corrected chi connectivity index (χ2v) is 4.80. The lowest BCUT2D eigenvalue weighted by Crippen LogP contribution is -2.16. The van der Waals surface area contributed by atoms with Crippen LogP contribution < -0.4 is 0 Å². The smallest absolute Gasteiger partial charge is 0.0626 e. The minimum absolute atomic E-state index is 0.603. The third kappa shape index (κ3) is 5.10. The predicted molar refractivity (Wildman–Crippen MR) is 62.4 cm³/mol. The Morgan fingerprint density at radius 3 is 2.50 bits per heavy atom. The van der Waals surface area contributed by atoms with Crippen LogP contribution in [0.3, 0.4) is 0 Å². The molecular weight excluding hydrogens is 192 g/mol. The van der Waals surface area contributed by atoms with E-state index in [2.05, 4.69) is 12.1 Å². The highest BCUT2D eigenvalue weighted by Crippen LogP contribution is 2.19. The molecule has 0 spiro atoms. The monoisotopic (exact) mass is 208 g/mol. The van der Waals surface area contributed by atoms with Gasteiger partial charge in [-0.05, 0) is 37.8 Å². The molecule has 0 heterocycles. The summed E-state index contributed by atoms with van der Waals surface area (Å²) in [7, 11) is 0. The van der Waals surface area contributed by atoms with Crippen molar-refractivity contribution < 1.29 is 5.11 Å². The fraction of sp³-hybridized carbons (Fsp3) is 0.333. The Morgan fingerprint density at radius 2 is 1.93 bits per heavy atom. The Labute approximate surface area is 89.8 Å². The molecule has 1 N–H and O–H groups in total. The fourth-order valence-corrected chi connectivity index (χ4v) is 1.63. The first-order valence-electron chi connectivity index (χ1n) is 4.67. The summed E-state index contributed by atoms with van der Waals surface area (Å²) in [6.07, 6.45) is 2.69. The first-order valence-corrected chi connectivity index (χ1v) is 5.55. The van der Waals surface area contributed by atoms with Gasteiger partial charge in [-0.3, -0.25) is 0 Å². The molecule has 0 aliphatic carbocycles. The Kier molecular flexibility index (Phi) is 4.23. The largest absolute Gasteiger partial charge is 0.390 e. The standard InChI is InChI=1S/C12H16OS/c1-12(2,13)9-6-10-14-11-7-4-3-5-8-11/h3-8,10,13H,9H2,1-2H3/b10-6-. The van der Waals surface area contributed by atoms with Crippen molar-refractivity contribution in [2.24, 2.45) is 0 Å². The molecule has 0 saturated heterocycles. The average molecular weight is 208 g/mol. The SMILES string of the molecule is CC(C)(O)C/C=C\Sc1ccccc1. The molecule has 0 bridgehead atoms. The molecule has 0 aliphatic heterocycles. The molecular formula is C12H16OS. The summed E-state index contributed by atoms with van der Waals surface area (Å²) >= 11 is 1.67. The summed E-state index contributed by atoms with van der Waals surface area (Å²) in [4.78, 5) is 1.22. The number of aliphatic hydroxyl groups is 1. The Balaban J connectivity index is 2.35. The second-order valence-electron chi connectivity index (χ2n) is 3.82. The summed E-state index contributed by atoms with van der Waals surface area (Å²) < 4.78 is 0. The van der Waals surface area contributed by atoms with Crippen molar-refractivity contribution >= 4 is 11.8 Å². The molecule has 1 nitrogen and oxygen atoms in total. The summed E-state index contributed by atoms with van der Waals surface area (Å²) in [5.74, 6) is 0. The molecule has 0 aromatic heterocycles. The summed E-state index contributed by atoms with van der Waals surface area (Å²) in [6, 6.07) is 10.2. The number of rotatable bonds is 4. The lowest BCUT2D eigenvalue weighted by atomic mass is 10.1. The van der Waals surface area contributed by atoms with Gasteiger partial charge in [0.05, 0.1) is 5.60 Å². The van der Waals surface area contributed by atoms with Gasteiger partial charge in [0.15, 0.2) is 0 Å². The van der Waals surface area contributed by atoms with Gasteiger partial charge in [-0.15, -0.1) is 0 Å². The minimum Gasteiger partial charge on any atom is -0.390 e. The highest BCUT2D eigenvalue weighted by Gasteiger charge is 2.08. The topological polar surface area (TPSA) is 20.2 Å². The van der Waals surface area contributed by atoms with Crippen molar-refractivity contribution in [1.29, 1.82) is 0 Å². The lowest BCUT2D eigenvalue weighted by molar-refractivity contribution is 0.0839. The summed E-state index contributed by atoms with van der Waals surface area (Å²) in [6.45, 7) is 3.62. The van der Waals surface area contributed by atoms with Gasteiger partial charge >= 0.3 is 0 Å². The van der Waals surface area contributed by atoms with E-state index in [1.165, 1.54) is 4.90 Å². The van der Waals surface area contributed by atoms with E-state index in [9.17, 15) is 5.11 Å². The van der Waals surface area contributed by atoms with Gasteiger partial charge in [0.1, 0.15) is 0 Å². The second kappa shape index (κ2) is 5.23. The van der Waals surface area contributed by atoms with Crippen molar-refractivity contribution in [1.82, 2.24) is 0 Å². The molecule has 0 fully saturated rings. The molecule has 0 unspecified atom stereocenters. The van der Waals surface area contributed by atoms with Crippen molar-refractivity contribution in [2.75, 3.05) is 0 Å². The van der Waals surface area contributed by atoms with Crippen LogP contribution in [0.5, 0.6) is 0 Å². The van der Waals surface area contributed by atoms with Crippen molar-refractivity contribution in [2.45, 2.75) is 30.8 Å². The van der Waals surface area contributed by atoms with E-state index in [1.54, 1.807) is 11.8 Å². The molecule has 2 heteroatoms. The zero-order valence-electron chi connectivity index (χ0n) is 8.60. The van der Waals surface area contributed by atoms with Crippen LogP contribution in [0.2, 0.25) is 0 Å². The van der Waals surface area contributed by atoms with Crippen molar-refractivity contribution in [3.05, 3.63) is 41.8 Å². The van der Waals surface area contributed by atoms with Gasteiger partial charge in [0.25, 0.3) is 0 Å². The number of hydrogen-bond acceptors (Lipinski definition) is 2. The third-order valence-corrected chi connectivity index (χ3v) is 2.53. The van der Waals surface area contributed by atoms with Crippen molar-refractivity contribution in [3.63, 3.8) is 0 Å². The zero-order chi connectivity index (χ0) is 10.4. The molecule has 0 aliphatic rings. The van der Waals surface area contributed by atoms with Crippen LogP contribution in [0, 0.1) is 0 Å². The van der Waals surface area contributed by atoms with E-state index >= 15 is 0 Å². The Morgan fingerprint density at radius 1 is 1.29 bits per heavy atom. The van der Waals surface area contributed by atoms with E-state index < -0.39 is 5.60 Å². The van der Waals surface area contributed by atoms with Crippen LogP contribution in [-0.4, -0.2) is 10.7 Å². The third-order valence-electron chi connectivity index (χ3n) is 1.66.